The largest absolute Gasteiger partial charge is 0.370 e. The number of hydrogen-bond acceptors (Lipinski definition) is 2. The SMILES string of the molecule is CC1CCN(c2ccc([C@H](C)N)cc2Br)C1. The molecule has 1 aromatic carbocycles. The van der Waals surface area contributed by atoms with Crippen molar-refractivity contribution in [2.45, 2.75) is 26.3 Å². The van der Waals surface area contributed by atoms with Gasteiger partial charge in [0.05, 0.1) is 5.69 Å². The zero-order chi connectivity index (χ0) is 11.7. The van der Waals surface area contributed by atoms with E-state index in [2.05, 4.69) is 46.0 Å². The van der Waals surface area contributed by atoms with Crippen LogP contribution < -0.4 is 10.6 Å². The van der Waals surface area contributed by atoms with Gasteiger partial charge in [0, 0.05) is 23.6 Å². The van der Waals surface area contributed by atoms with Crippen LogP contribution in [0, 0.1) is 5.92 Å². The Labute approximate surface area is 106 Å². The highest BCUT2D eigenvalue weighted by Crippen LogP contribution is 2.32. The number of halogens is 1. The lowest BCUT2D eigenvalue weighted by molar-refractivity contribution is 0.659. The molecule has 2 rings (SSSR count). The van der Waals surface area contributed by atoms with Gasteiger partial charge in [0.1, 0.15) is 0 Å². The van der Waals surface area contributed by atoms with Crippen LogP contribution >= 0.6 is 15.9 Å². The van der Waals surface area contributed by atoms with Gasteiger partial charge in [-0.3, -0.25) is 0 Å². The summed E-state index contributed by atoms with van der Waals surface area (Å²) in [4.78, 5) is 2.44. The van der Waals surface area contributed by atoms with Crippen molar-refractivity contribution >= 4 is 21.6 Å². The van der Waals surface area contributed by atoms with Crippen LogP contribution in [0.15, 0.2) is 22.7 Å². The van der Waals surface area contributed by atoms with Gasteiger partial charge in [0.25, 0.3) is 0 Å². The Balaban J connectivity index is 2.22. The first-order valence-electron chi connectivity index (χ1n) is 5.88. The van der Waals surface area contributed by atoms with Crippen molar-refractivity contribution in [2.75, 3.05) is 18.0 Å². The number of nitrogens with two attached hydrogens (primary N) is 1. The molecule has 2 atom stereocenters. The van der Waals surface area contributed by atoms with Crippen LogP contribution in [0.5, 0.6) is 0 Å². The predicted octanol–water partition coefficient (Wildman–Crippen LogP) is 3.32. The summed E-state index contributed by atoms with van der Waals surface area (Å²) >= 11 is 3.65. The summed E-state index contributed by atoms with van der Waals surface area (Å²) in [6, 6.07) is 6.56. The summed E-state index contributed by atoms with van der Waals surface area (Å²) in [5.74, 6) is 0.806. The minimum atomic E-state index is 0.0999. The molecule has 0 spiro atoms. The van der Waals surface area contributed by atoms with Crippen LogP contribution in [0.2, 0.25) is 0 Å². The van der Waals surface area contributed by atoms with Gasteiger partial charge in [-0.2, -0.15) is 0 Å². The average Bonchev–Trinajstić information content (AvgIpc) is 2.64. The van der Waals surface area contributed by atoms with Crippen molar-refractivity contribution in [2.24, 2.45) is 11.7 Å². The average molecular weight is 283 g/mol. The second-order valence-electron chi connectivity index (χ2n) is 4.84. The summed E-state index contributed by atoms with van der Waals surface area (Å²) in [7, 11) is 0. The molecule has 0 aliphatic carbocycles. The lowest BCUT2D eigenvalue weighted by Crippen LogP contribution is -2.19. The van der Waals surface area contributed by atoms with Crippen LogP contribution in [0.4, 0.5) is 5.69 Å². The Hall–Kier alpha value is -0.540. The second kappa shape index (κ2) is 4.76. The molecule has 2 nitrogen and oxygen atoms in total. The molecule has 88 valence electrons. The molecule has 1 aliphatic rings. The summed E-state index contributed by atoms with van der Waals surface area (Å²) in [6.45, 7) is 6.65. The molecule has 0 saturated carbocycles. The molecule has 0 radical (unpaired) electrons. The molecule has 1 saturated heterocycles. The number of rotatable bonds is 2. The van der Waals surface area contributed by atoms with Gasteiger partial charge < -0.3 is 10.6 Å². The number of benzene rings is 1. The first-order valence-corrected chi connectivity index (χ1v) is 6.67. The third-order valence-corrected chi connectivity index (χ3v) is 3.90. The standard InChI is InChI=1S/C13H19BrN2/c1-9-5-6-16(8-9)13-4-3-11(10(2)15)7-12(13)14/h3-4,7,9-10H,5-6,8,15H2,1-2H3/t9?,10-/m0/s1. The first-order chi connectivity index (χ1) is 7.58. The molecule has 1 aromatic rings. The van der Waals surface area contributed by atoms with Gasteiger partial charge >= 0.3 is 0 Å². The number of anilines is 1. The van der Waals surface area contributed by atoms with Gasteiger partial charge in [-0.05, 0) is 52.9 Å². The van der Waals surface area contributed by atoms with E-state index in [1.165, 1.54) is 17.7 Å². The van der Waals surface area contributed by atoms with Crippen molar-refractivity contribution in [3.63, 3.8) is 0 Å². The molecule has 1 heterocycles. The third kappa shape index (κ3) is 2.41. The monoisotopic (exact) mass is 282 g/mol. The fourth-order valence-electron chi connectivity index (χ4n) is 2.22. The van der Waals surface area contributed by atoms with Crippen LogP contribution in [0.1, 0.15) is 31.9 Å². The highest BCUT2D eigenvalue weighted by Gasteiger charge is 2.20. The minimum absolute atomic E-state index is 0.0999. The number of hydrogen-bond donors (Lipinski definition) is 1. The van der Waals surface area contributed by atoms with Crippen LogP contribution in [-0.2, 0) is 0 Å². The van der Waals surface area contributed by atoms with E-state index in [1.54, 1.807) is 0 Å². The van der Waals surface area contributed by atoms with E-state index in [4.69, 9.17) is 5.73 Å². The Morgan fingerprint density at radius 3 is 2.75 bits per heavy atom. The normalized spacial score (nSPS) is 22.5. The molecule has 0 amide bonds. The van der Waals surface area contributed by atoms with Crippen molar-refractivity contribution in [3.8, 4) is 0 Å². The van der Waals surface area contributed by atoms with E-state index >= 15 is 0 Å². The Morgan fingerprint density at radius 2 is 2.25 bits per heavy atom. The van der Waals surface area contributed by atoms with Gasteiger partial charge in [0.2, 0.25) is 0 Å². The molecule has 0 aromatic heterocycles. The lowest BCUT2D eigenvalue weighted by Gasteiger charge is -2.21. The Kier molecular flexibility index (Phi) is 3.55. The summed E-state index contributed by atoms with van der Waals surface area (Å²) < 4.78 is 1.16. The minimum Gasteiger partial charge on any atom is -0.370 e. The fraction of sp³-hybridized carbons (Fsp3) is 0.538. The van der Waals surface area contributed by atoms with Crippen molar-refractivity contribution in [1.29, 1.82) is 0 Å². The maximum absolute atomic E-state index is 5.87. The Bertz CT molecular complexity index is 376. The van der Waals surface area contributed by atoms with E-state index in [0.29, 0.717) is 0 Å². The molecule has 1 unspecified atom stereocenters. The van der Waals surface area contributed by atoms with Crippen molar-refractivity contribution in [1.82, 2.24) is 0 Å². The van der Waals surface area contributed by atoms with E-state index in [1.807, 2.05) is 6.92 Å². The Morgan fingerprint density at radius 1 is 1.50 bits per heavy atom. The summed E-state index contributed by atoms with van der Waals surface area (Å²) in [5, 5.41) is 0. The molecule has 1 aliphatic heterocycles. The maximum atomic E-state index is 5.87. The van der Waals surface area contributed by atoms with E-state index < -0.39 is 0 Å². The van der Waals surface area contributed by atoms with E-state index in [9.17, 15) is 0 Å². The predicted molar refractivity (Wildman–Crippen MR) is 72.7 cm³/mol. The van der Waals surface area contributed by atoms with E-state index in [-0.39, 0.29) is 6.04 Å². The molecular weight excluding hydrogens is 264 g/mol. The summed E-state index contributed by atoms with van der Waals surface area (Å²) in [6.07, 6.45) is 1.29. The van der Waals surface area contributed by atoms with Gasteiger partial charge in [-0.25, -0.2) is 0 Å². The fourth-order valence-corrected chi connectivity index (χ4v) is 2.86. The molecular formula is C13H19BrN2. The summed E-state index contributed by atoms with van der Waals surface area (Å²) in [5.41, 5.74) is 8.36. The molecule has 16 heavy (non-hydrogen) atoms. The molecule has 3 heteroatoms. The first kappa shape index (κ1) is 11.9. The van der Waals surface area contributed by atoms with Crippen LogP contribution in [0.25, 0.3) is 0 Å². The van der Waals surface area contributed by atoms with Gasteiger partial charge in [0.15, 0.2) is 0 Å². The number of nitrogens with zero attached hydrogens (tertiary/aromatic N) is 1. The third-order valence-electron chi connectivity index (χ3n) is 3.26. The zero-order valence-corrected chi connectivity index (χ0v) is 11.5. The van der Waals surface area contributed by atoms with Crippen molar-refractivity contribution in [3.05, 3.63) is 28.2 Å². The molecule has 1 fully saturated rings. The lowest BCUT2D eigenvalue weighted by atomic mass is 10.1. The van der Waals surface area contributed by atoms with Crippen molar-refractivity contribution < 1.29 is 0 Å². The van der Waals surface area contributed by atoms with Crippen LogP contribution in [0.3, 0.4) is 0 Å². The van der Waals surface area contributed by atoms with Crippen LogP contribution in [-0.4, -0.2) is 13.1 Å². The van der Waals surface area contributed by atoms with Gasteiger partial charge in [-0.1, -0.05) is 13.0 Å². The quantitative estimate of drug-likeness (QED) is 0.902. The molecule has 0 bridgehead atoms. The second-order valence-corrected chi connectivity index (χ2v) is 5.69. The smallest absolute Gasteiger partial charge is 0.0510 e. The zero-order valence-electron chi connectivity index (χ0n) is 9.91. The van der Waals surface area contributed by atoms with Gasteiger partial charge in [-0.15, -0.1) is 0 Å². The topological polar surface area (TPSA) is 29.3 Å². The molecule has 2 N–H and O–H groups in total. The van der Waals surface area contributed by atoms with E-state index in [0.717, 1.165) is 23.5 Å². The maximum Gasteiger partial charge on any atom is 0.0510 e. The highest BCUT2D eigenvalue weighted by molar-refractivity contribution is 9.10. The highest BCUT2D eigenvalue weighted by atomic mass is 79.9.